The van der Waals surface area contributed by atoms with E-state index in [0.717, 1.165) is 29.7 Å². The van der Waals surface area contributed by atoms with Crippen molar-refractivity contribution in [3.05, 3.63) is 65.2 Å². The fourth-order valence-corrected chi connectivity index (χ4v) is 2.24. The standard InChI is InChI=1S/C15H11F2N/c16-11-2-1-3-13(8-11)18-15-7-5-10-4-6-12(17)9-14(10)15/h1-4,6,8-9H,5,7H2. The van der Waals surface area contributed by atoms with E-state index in [4.69, 9.17) is 0 Å². The number of rotatable bonds is 1. The van der Waals surface area contributed by atoms with Gasteiger partial charge in [0.15, 0.2) is 0 Å². The third-order valence-corrected chi connectivity index (χ3v) is 3.09. The fourth-order valence-electron chi connectivity index (χ4n) is 2.24. The van der Waals surface area contributed by atoms with Gasteiger partial charge in [0.2, 0.25) is 0 Å². The maximum absolute atomic E-state index is 13.2. The van der Waals surface area contributed by atoms with Crippen molar-refractivity contribution in [3.63, 3.8) is 0 Å². The molecule has 1 nitrogen and oxygen atoms in total. The number of fused-ring (bicyclic) bond motifs is 1. The molecule has 0 unspecified atom stereocenters. The molecule has 0 saturated carbocycles. The number of hydrogen-bond acceptors (Lipinski definition) is 1. The zero-order valence-corrected chi connectivity index (χ0v) is 9.66. The minimum absolute atomic E-state index is 0.261. The van der Waals surface area contributed by atoms with E-state index >= 15 is 0 Å². The van der Waals surface area contributed by atoms with Crippen LogP contribution in [-0.2, 0) is 6.42 Å². The Balaban J connectivity index is 2.03. The molecule has 1 aliphatic rings. The lowest BCUT2D eigenvalue weighted by Gasteiger charge is -2.01. The van der Waals surface area contributed by atoms with Crippen LogP contribution in [0.25, 0.3) is 0 Å². The van der Waals surface area contributed by atoms with Gasteiger partial charge in [0, 0.05) is 11.3 Å². The minimum atomic E-state index is -0.311. The molecule has 0 radical (unpaired) electrons. The van der Waals surface area contributed by atoms with Gasteiger partial charge in [-0.1, -0.05) is 12.1 Å². The second-order valence-electron chi connectivity index (χ2n) is 4.34. The Labute approximate surface area is 104 Å². The molecule has 0 spiro atoms. The molecule has 0 heterocycles. The van der Waals surface area contributed by atoms with Crippen molar-refractivity contribution in [3.8, 4) is 0 Å². The van der Waals surface area contributed by atoms with Crippen LogP contribution < -0.4 is 0 Å². The van der Waals surface area contributed by atoms with Crippen molar-refractivity contribution in [2.45, 2.75) is 12.8 Å². The molecule has 1 aliphatic carbocycles. The monoisotopic (exact) mass is 243 g/mol. The molecule has 0 aliphatic heterocycles. The zero-order chi connectivity index (χ0) is 12.5. The average molecular weight is 243 g/mol. The van der Waals surface area contributed by atoms with Gasteiger partial charge in [-0.3, -0.25) is 4.99 Å². The Morgan fingerprint density at radius 2 is 1.72 bits per heavy atom. The van der Waals surface area contributed by atoms with Crippen molar-refractivity contribution < 1.29 is 8.78 Å². The minimum Gasteiger partial charge on any atom is -0.253 e. The third kappa shape index (κ3) is 2.04. The summed E-state index contributed by atoms with van der Waals surface area (Å²) in [7, 11) is 0. The van der Waals surface area contributed by atoms with Gasteiger partial charge in [0.25, 0.3) is 0 Å². The number of aliphatic imine (C=N–C) groups is 1. The van der Waals surface area contributed by atoms with E-state index in [9.17, 15) is 8.78 Å². The van der Waals surface area contributed by atoms with Gasteiger partial charge in [-0.25, -0.2) is 8.78 Å². The molecular weight excluding hydrogens is 232 g/mol. The second kappa shape index (κ2) is 4.33. The van der Waals surface area contributed by atoms with E-state index in [0.29, 0.717) is 5.69 Å². The van der Waals surface area contributed by atoms with Gasteiger partial charge < -0.3 is 0 Å². The summed E-state index contributed by atoms with van der Waals surface area (Å²) in [5.41, 5.74) is 3.35. The molecule has 0 bridgehead atoms. The first-order valence-corrected chi connectivity index (χ1v) is 5.84. The summed E-state index contributed by atoms with van der Waals surface area (Å²) in [6, 6.07) is 10.9. The smallest absolute Gasteiger partial charge is 0.125 e. The Bertz CT molecular complexity index is 632. The zero-order valence-electron chi connectivity index (χ0n) is 9.66. The maximum Gasteiger partial charge on any atom is 0.125 e. The molecule has 3 heteroatoms. The lowest BCUT2D eigenvalue weighted by Crippen LogP contribution is -1.94. The first-order chi connectivity index (χ1) is 8.72. The van der Waals surface area contributed by atoms with E-state index in [2.05, 4.69) is 4.99 Å². The highest BCUT2D eigenvalue weighted by Gasteiger charge is 2.18. The van der Waals surface area contributed by atoms with Crippen LogP contribution in [0.5, 0.6) is 0 Å². The first-order valence-electron chi connectivity index (χ1n) is 5.84. The molecule has 2 aromatic carbocycles. The second-order valence-corrected chi connectivity index (χ2v) is 4.34. The predicted octanol–water partition coefficient (Wildman–Crippen LogP) is 4.03. The van der Waals surface area contributed by atoms with Gasteiger partial charge in [-0.2, -0.15) is 0 Å². The Morgan fingerprint density at radius 3 is 2.56 bits per heavy atom. The molecule has 18 heavy (non-hydrogen) atoms. The van der Waals surface area contributed by atoms with Crippen LogP contribution in [0.3, 0.4) is 0 Å². The number of halogens is 2. The largest absolute Gasteiger partial charge is 0.253 e. The number of benzene rings is 2. The SMILES string of the molecule is Fc1cccc(N=C2CCc3ccc(F)cc32)c1. The molecule has 0 atom stereocenters. The summed E-state index contributed by atoms with van der Waals surface area (Å²) in [6.45, 7) is 0. The average Bonchev–Trinajstić information content (AvgIpc) is 2.72. The van der Waals surface area contributed by atoms with Crippen molar-refractivity contribution in [1.29, 1.82) is 0 Å². The number of hydrogen-bond donors (Lipinski definition) is 0. The summed E-state index contributed by atoms with van der Waals surface area (Å²) in [5, 5.41) is 0. The summed E-state index contributed by atoms with van der Waals surface area (Å²) in [5.74, 6) is -0.572. The highest BCUT2D eigenvalue weighted by atomic mass is 19.1. The van der Waals surface area contributed by atoms with Crippen molar-refractivity contribution >= 4 is 11.4 Å². The van der Waals surface area contributed by atoms with Gasteiger partial charge in [-0.05, 0) is 48.7 Å². The molecule has 90 valence electrons. The molecule has 0 aromatic heterocycles. The van der Waals surface area contributed by atoms with Crippen LogP contribution >= 0.6 is 0 Å². The normalized spacial score (nSPS) is 16.0. The Kier molecular flexibility index (Phi) is 2.67. The highest BCUT2D eigenvalue weighted by Crippen LogP contribution is 2.26. The van der Waals surface area contributed by atoms with Crippen LogP contribution in [0, 0.1) is 11.6 Å². The summed E-state index contributed by atoms with van der Waals surface area (Å²) in [4.78, 5) is 4.41. The predicted molar refractivity (Wildman–Crippen MR) is 67.3 cm³/mol. The first kappa shape index (κ1) is 11.1. The molecule has 0 saturated heterocycles. The molecule has 2 aromatic rings. The van der Waals surface area contributed by atoms with Crippen LogP contribution in [0.15, 0.2) is 47.5 Å². The Hall–Kier alpha value is -2.03. The van der Waals surface area contributed by atoms with Gasteiger partial charge in [0.05, 0.1) is 5.69 Å². The number of nitrogens with zero attached hydrogens (tertiary/aromatic N) is 1. The highest BCUT2D eigenvalue weighted by molar-refractivity contribution is 6.05. The molecule has 0 N–H and O–H groups in total. The fraction of sp³-hybridized carbons (Fsp3) is 0.133. The lowest BCUT2D eigenvalue weighted by molar-refractivity contribution is 0.627. The van der Waals surface area contributed by atoms with Crippen molar-refractivity contribution in [2.75, 3.05) is 0 Å². The van der Waals surface area contributed by atoms with E-state index in [-0.39, 0.29) is 11.6 Å². The molecule has 3 rings (SSSR count). The van der Waals surface area contributed by atoms with E-state index in [1.807, 2.05) is 0 Å². The van der Waals surface area contributed by atoms with Crippen molar-refractivity contribution in [2.24, 2.45) is 4.99 Å². The summed E-state index contributed by atoms with van der Waals surface area (Å²) in [6.07, 6.45) is 1.64. The third-order valence-electron chi connectivity index (χ3n) is 3.09. The van der Waals surface area contributed by atoms with Gasteiger partial charge in [-0.15, -0.1) is 0 Å². The summed E-state index contributed by atoms with van der Waals surface area (Å²) < 4.78 is 26.3. The van der Waals surface area contributed by atoms with Crippen LogP contribution in [0.4, 0.5) is 14.5 Å². The Morgan fingerprint density at radius 1 is 0.889 bits per heavy atom. The summed E-state index contributed by atoms with van der Waals surface area (Å²) >= 11 is 0. The molecule has 0 fully saturated rings. The number of aryl methyl sites for hydroxylation is 1. The van der Waals surface area contributed by atoms with Crippen LogP contribution in [0.2, 0.25) is 0 Å². The van der Waals surface area contributed by atoms with E-state index in [1.54, 1.807) is 18.2 Å². The van der Waals surface area contributed by atoms with Gasteiger partial charge >= 0.3 is 0 Å². The lowest BCUT2D eigenvalue weighted by atomic mass is 10.1. The van der Waals surface area contributed by atoms with Crippen LogP contribution in [-0.4, -0.2) is 5.71 Å². The van der Waals surface area contributed by atoms with Crippen molar-refractivity contribution in [1.82, 2.24) is 0 Å². The van der Waals surface area contributed by atoms with Gasteiger partial charge in [0.1, 0.15) is 11.6 Å². The van der Waals surface area contributed by atoms with Crippen LogP contribution in [0.1, 0.15) is 17.5 Å². The van der Waals surface area contributed by atoms with E-state index < -0.39 is 0 Å². The van der Waals surface area contributed by atoms with E-state index in [1.165, 1.54) is 24.3 Å². The molecule has 0 amide bonds. The molecular formula is C15H11F2N. The topological polar surface area (TPSA) is 12.4 Å². The maximum atomic E-state index is 13.2. The quantitative estimate of drug-likeness (QED) is 0.717.